The molecule has 0 aliphatic carbocycles. The van der Waals surface area contributed by atoms with Crippen molar-refractivity contribution in [3.8, 4) is 0 Å². The molecular formula is C22H31N3O3S. The molecule has 0 saturated carbocycles. The largest absolute Gasteiger partial charge is 0.350 e. The SMILES string of the molecule is Cc1ccc(N(C)S(=O)(=O)c2c(C(=O)N3CCCCCC3)c(C)n(C)c2C)cc1. The molecule has 158 valence electrons. The second-order valence-electron chi connectivity index (χ2n) is 7.95. The number of amides is 1. The minimum Gasteiger partial charge on any atom is -0.350 e. The lowest BCUT2D eigenvalue weighted by Crippen LogP contribution is -2.34. The van der Waals surface area contributed by atoms with Crippen LogP contribution in [0.2, 0.25) is 0 Å². The summed E-state index contributed by atoms with van der Waals surface area (Å²) in [7, 11) is -0.538. The lowest BCUT2D eigenvalue weighted by atomic mass is 10.2. The van der Waals surface area contributed by atoms with Gasteiger partial charge in [0.1, 0.15) is 4.90 Å². The van der Waals surface area contributed by atoms with E-state index in [1.165, 1.54) is 4.31 Å². The average molecular weight is 418 g/mol. The fraction of sp³-hybridized carbons (Fsp3) is 0.500. The van der Waals surface area contributed by atoms with Crippen LogP contribution in [0.25, 0.3) is 0 Å². The topological polar surface area (TPSA) is 62.6 Å². The summed E-state index contributed by atoms with van der Waals surface area (Å²) < 4.78 is 30.3. The first-order valence-electron chi connectivity index (χ1n) is 10.2. The number of aryl methyl sites for hydroxylation is 1. The average Bonchev–Trinajstić information content (AvgIpc) is 2.90. The van der Waals surface area contributed by atoms with Crippen LogP contribution in [0, 0.1) is 20.8 Å². The van der Waals surface area contributed by atoms with Crippen LogP contribution in [0.3, 0.4) is 0 Å². The van der Waals surface area contributed by atoms with Gasteiger partial charge in [-0.15, -0.1) is 0 Å². The van der Waals surface area contributed by atoms with Gasteiger partial charge in [0.2, 0.25) is 0 Å². The van der Waals surface area contributed by atoms with Gasteiger partial charge in [-0.2, -0.15) is 0 Å². The number of hydrogen-bond donors (Lipinski definition) is 0. The molecular weight excluding hydrogens is 386 g/mol. The van der Waals surface area contributed by atoms with Crippen molar-refractivity contribution in [3.63, 3.8) is 0 Å². The number of carbonyl (C=O) groups excluding carboxylic acids is 1. The Labute approximate surface area is 174 Å². The van der Waals surface area contributed by atoms with Crippen LogP contribution < -0.4 is 4.31 Å². The summed E-state index contributed by atoms with van der Waals surface area (Å²) in [6.45, 7) is 6.91. The Morgan fingerprint density at radius 3 is 2.03 bits per heavy atom. The predicted octanol–water partition coefficient (Wildman–Crippen LogP) is 3.79. The van der Waals surface area contributed by atoms with Crippen LogP contribution >= 0.6 is 0 Å². The monoisotopic (exact) mass is 417 g/mol. The fourth-order valence-corrected chi connectivity index (χ4v) is 5.62. The summed E-state index contributed by atoms with van der Waals surface area (Å²) in [5, 5.41) is 0. The molecule has 2 heterocycles. The standard InChI is InChI=1S/C22H31N3O3S/c1-16-10-12-19(13-11-16)24(5)29(27,28)21-18(3)23(4)17(2)20(21)22(26)25-14-8-6-7-9-15-25/h10-13H,6-9,14-15H2,1-5H3. The highest BCUT2D eigenvalue weighted by Gasteiger charge is 2.35. The number of nitrogens with zero attached hydrogens (tertiary/aromatic N) is 3. The van der Waals surface area contributed by atoms with Gasteiger partial charge in [-0.3, -0.25) is 9.10 Å². The lowest BCUT2D eigenvalue weighted by molar-refractivity contribution is 0.0757. The molecule has 6 nitrogen and oxygen atoms in total. The first-order chi connectivity index (χ1) is 13.7. The van der Waals surface area contributed by atoms with Gasteiger partial charge in [-0.25, -0.2) is 8.42 Å². The van der Waals surface area contributed by atoms with Crippen molar-refractivity contribution in [2.24, 2.45) is 7.05 Å². The third-order valence-corrected chi connectivity index (χ3v) is 7.99. The molecule has 1 amide bonds. The zero-order chi connectivity index (χ0) is 21.3. The first-order valence-corrected chi connectivity index (χ1v) is 11.6. The van der Waals surface area contributed by atoms with E-state index in [0.29, 0.717) is 35.7 Å². The molecule has 1 fully saturated rings. The number of carbonyl (C=O) groups is 1. The molecule has 1 aliphatic heterocycles. The molecule has 3 rings (SSSR count). The van der Waals surface area contributed by atoms with Gasteiger partial charge in [0, 0.05) is 38.6 Å². The molecule has 1 aliphatic rings. The van der Waals surface area contributed by atoms with E-state index in [1.54, 1.807) is 30.7 Å². The van der Waals surface area contributed by atoms with E-state index in [4.69, 9.17) is 0 Å². The molecule has 7 heteroatoms. The highest BCUT2D eigenvalue weighted by molar-refractivity contribution is 7.93. The van der Waals surface area contributed by atoms with Crippen molar-refractivity contribution in [2.75, 3.05) is 24.4 Å². The molecule has 0 radical (unpaired) electrons. The van der Waals surface area contributed by atoms with Crippen molar-refractivity contribution in [1.29, 1.82) is 0 Å². The molecule has 1 saturated heterocycles. The maximum atomic E-state index is 13.6. The van der Waals surface area contributed by atoms with Crippen molar-refractivity contribution in [1.82, 2.24) is 9.47 Å². The molecule has 0 bridgehead atoms. The summed E-state index contributed by atoms with van der Waals surface area (Å²) in [5.74, 6) is -0.177. The summed E-state index contributed by atoms with van der Waals surface area (Å²) in [6, 6.07) is 7.34. The van der Waals surface area contributed by atoms with E-state index < -0.39 is 10.0 Å². The Hall–Kier alpha value is -2.28. The molecule has 29 heavy (non-hydrogen) atoms. The van der Waals surface area contributed by atoms with E-state index in [1.807, 2.05) is 37.9 Å². The van der Waals surface area contributed by atoms with E-state index in [-0.39, 0.29) is 10.8 Å². The highest BCUT2D eigenvalue weighted by atomic mass is 32.2. The van der Waals surface area contributed by atoms with Crippen LogP contribution in [0.15, 0.2) is 29.2 Å². The summed E-state index contributed by atoms with van der Waals surface area (Å²) in [6.07, 6.45) is 4.14. The Kier molecular flexibility index (Phi) is 6.08. The van der Waals surface area contributed by atoms with E-state index in [2.05, 4.69) is 0 Å². The van der Waals surface area contributed by atoms with E-state index in [9.17, 15) is 13.2 Å². The smallest absolute Gasteiger partial charge is 0.266 e. The lowest BCUT2D eigenvalue weighted by Gasteiger charge is -2.23. The second-order valence-corrected chi connectivity index (χ2v) is 9.85. The number of anilines is 1. The Morgan fingerprint density at radius 1 is 0.931 bits per heavy atom. The zero-order valence-corrected chi connectivity index (χ0v) is 18.8. The molecule has 2 aromatic rings. The van der Waals surface area contributed by atoms with Crippen molar-refractivity contribution in [3.05, 3.63) is 46.8 Å². The van der Waals surface area contributed by atoms with Gasteiger partial charge in [-0.05, 0) is 45.7 Å². The quantitative estimate of drug-likeness (QED) is 0.760. The molecule has 0 spiro atoms. The number of benzene rings is 1. The maximum absolute atomic E-state index is 13.6. The van der Waals surface area contributed by atoms with Crippen molar-refractivity contribution in [2.45, 2.75) is 51.3 Å². The molecule has 0 atom stereocenters. The third-order valence-electron chi connectivity index (χ3n) is 6.05. The molecule has 0 unspecified atom stereocenters. The predicted molar refractivity (Wildman–Crippen MR) is 116 cm³/mol. The summed E-state index contributed by atoms with van der Waals surface area (Å²) in [4.78, 5) is 15.4. The Morgan fingerprint density at radius 2 is 1.48 bits per heavy atom. The van der Waals surface area contributed by atoms with Gasteiger partial charge in [0.25, 0.3) is 15.9 Å². The van der Waals surface area contributed by atoms with Crippen LogP contribution in [0.4, 0.5) is 5.69 Å². The normalized spacial score (nSPS) is 15.3. The Bertz CT molecular complexity index is 999. The number of sulfonamides is 1. The minimum atomic E-state index is -3.90. The summed E-state index contributed by atoms with van der Waals surface area (Å²) in [5.41, 5.74) is 3.21. The zero-order valence-electron chi connectivity index (χ0n) is 18.0. The number of likely N-dealkylation sites (tertiary alicyclic amines) is 1. The van der Waals surface area contributed by atoms with Gasteiger partial charge < -0.3 is 9.47 Å². The van der Waals surface area contributed by atoms with Crippen molar-refractivity contribution < 1.29 is 13.2 Å². The van der Waals surface area contributed by atoms with E-state index >= 15 is 0 Å². The minimum absolute atomic E-state index is 0.120. The van der Waals surface area contributed by atoms with E-state index in [0.717, 1.165) is 31.2 Å². The fourth-order valence-electron chi connectivity index (χ4n) is 3.95. The molecule has 0 N–H and O–H groups in total. The Balaban J connectivity index is 2.10. The van der Waals surface area contributed by atoms with Crippen molar-refractivity contribution >= 4 is 21.6 Å². The van der Waals surface area contributed by atoms with Gasteiger partial charge in [-0.1, -0.05) is 30.5 Å². The molecule has 1 aromatic heterocycles. The third kappa shape index (κ3) is 3.92. The summed E-state index contributed by atoms with van der Waals surface area (Å²) >= 11 is 0. The maximum Gasteiger partial charge on any atom is 0.266 e. The van der Waals surface area contributed by atoms with Gasteiger partial charge in [0.05, 0.1) is 11.3 Å². The highest BCUT2D eigenvalue weighted by Crippen LogP contribution is 2.32. The van der Waals surface area contributed by atoms with Crippen LogP contribution in [0.1, 0.15) is 53.0 Å². The number of aromatic nitrogens is 1. The van der Waals surface area contributed by atoms with Gasteiger partial charge in [0.15, 0.2) is 0 Å². The molecule has 1 aromatic carbocycles. The first kappa shape index (κ1) is 21.4. The number of hydrogen-bond acceptors (Lipinski definition) is 3. The van der Waals surface area contributed by atoms with Crippen LogP contribution in [-0.2, 0) is 17.1 Å². The van der Waals surface area contributed by atoms with Crippen LogP contribution in [-0.4, -0.2) is 43.9 Å². The second kappa shape index (κ2) is 8.22. The number of rotatable bonds is 4. The van der Waals surface area contributed by atoms with Gasteiger partial charge >= 0.3 is 0 Å². The van der Waals surface area contributed by atoms with Crippen LogP contribution in [0.5, 0.6) is 0 Å².